The van der Waals surface area contributed by atoms with Gasteiger partial charge in [0.2, 0.25) is 0 Å². The zero-order valence-electron chi connectivity index (χ0n) is 10.0. The molecule has 0 aliphatic rings. The minimum atomic E-state index is 0.0928. The number of aromatic nitrogens is 1. The summed E-state index contributed by atoms with van der Waals surface area (Å²) in [7, 11) is 0. The van der Waals surface area contributed by atoms with Crippen LogP contribution in [0.1, 0.15) is 37.6 Å². The molecule has 0 aliphatic carbocycles. The van der Waals surface area contributed by atoms with E-state index in [-0.39, 0.29) is 5.41 Å². The van der Waals surface area contributed by atoms with Gasteiger partial charge in [-0.15, -0.1) is 0 Å². The first-order chi connectivity index (χ1) is 6.91. The van der Waals surface area contributed by atoms with E-state index in [2.05, 4.69) is 45.0 Å². The van der Waals surface area contributed by atoms with Gasteiger partial charge in [0.25, 0.3) is 0 Å². The van der Waals surface area contributed by atoms with Crippen molar-refractivity contribution in [3.63, 3.8) is 0 Å². The van der Waals surface area contributed by atoms with Crippen LogP contribution in [0.2, 0.25) is 0 Å². The number of nitrogens with zero attached hydrogens (tertiary/aromatic N) is 1. The summed E-state index contributed by atoms with van der Waals surface area (Å²) in [6.45, 7) is 10.7. The lowest BCUT2D eigenvalue weighted by atomic mass is 9.83. The normalized spacial score (nSPS) is 12.3. The van der Waals surface area contributed by atoms with E-state index in [9.17, 15) is 0 Å². The summed E-state index contributed by atoms with van der Waals surface area (Å²) in [6.07, 6.45) is 0. The van der Waals surface area contributed by atoms with Gasteiger partial charge in [-0.2, -0.15) is 0 Å². The standard InChI is InChI=1S/C13H17NO/c1-8-6-7-10-9(2)14-15-12(10)11(8)13(3,4)5/h6-7H,1-5H3. The first-order valence-electron chi connectivity index (χ1n) is 5.27. The maximum atomic E-state index is 5.44. The smallest absolute Gasteiger partial charge is 0.171 e. The maximum Gasteiger partial charge on any atom is 0.171 e. The molecular formula is C13H17NO. The van der Waals surface area contributed by atoms with Gasteiger partial charge in [0.1, 0.15) is 0 Å². The van der Waals surface area contributed by atoms with Crippen molar-refractivity contribution in [2.24, 2.45) is 0 Å². The van der Waals surface area contributed by atoms with Crippen LogP contribution in [-0.4, -0.2) is 5.16 Å². The van der Waals surface area contributed by atoms with Crippen LogP contribution in [0.25, 0.3) is 11.0 Å². The van der Waals surface area contributed by atoms with Gasteiger partial charge in [-0.05, 0) is 30.9 Å². The molecule has 0 radical (unpaired) electrons. The van der Waals surface area contributed by atoms with Crippen molar-refractivity contribution in [1.82, 2.24) is 5.16 Å². The Hall–Kier alpha value is -1.31. The summed E-state index contributed by atoms with van der Waals surface area (Å²) in [5.74, 6) is 0. The lowest BCUT2D eigenvalue weighted by Gasteiger charge is -2.21. The molecule has 0 aliphatic heterocycles. The Morgan fingerprint density at radius 2 is 1.80 bits per heavy atom. The third-order valence-electron chi connectivity index (χ3n) is 2.78. The topological polar surface area (TPSA) is 26.0 Å². The molecule has 0 amide bonds. The van der Waals surface area contributed by atoms with Crippen molar-refractivity contribution in [2.45, 2.75) is 40.0 Å². The van der Waals surface area contributed by atoms with E-state index in [4.69, 9.17) is 4.52 Å². The molecule has 0 atom stereocenters. The summed E-state index contributed by atoms with van der Waals surface area (Å²) in [4.78, 5) is 0. The van der Waals surface area contributed by atoms with Crippen LogP contribution in [0, 0.1) is 13.8 Å². The molecule has 15 heavy (non-hydrogen) atoms. The van der Waals surface area contributed by atoms with E-state index in [1.807, 2.05) is 6.92 Å². The van der Waals surface area contributed by atoms with Crippen molar-refractivity contribution in [2.75, 3.05) is 0 Å². The second-order valence-corrected chi connectivity index (χ2v) is 5.15. The van der Waals surface area contributed by atoms with Crippen LogP contribution in [0.4, 0.5) is 0 Å². The quantitative estimate of drug-likeness (QED) is 0.651. The zero-order chi connectivity index (χ0) is 11.2. The van der Waals surface area contributed by atoms with Crippen molar-refractivity contribution < 1.29 is 4.52 Å². The van der Waals surface area contributed by atoms with Gasteiger partial charge in [0.05, 0.1) is 5.69 Å². The Morgan fingerprint density at radius 1 is 1.13 bits per heavy atom. The van der Waals surface area contributed by atoms with E-state index in [0.717, 1.165) is 16.7 Å². The summed E-state index contributed by atoms with van der Waals surface area (Å²) in [6, 6.07) is 4.23. The van der Waals surface area contributed by atoms with Gasteiger partial charge in [-0.1, -0.05) is 32.0 Å². The fourth-order valence-corrected chi connectivity index (χ4v) is 2.16. The van der Waals surface area contributed by atoms with Gasteiger partial charge in [0.15, 0.2) is 5.58 Å². The van der Waals surface area contributed by atoms with Gasteiger partial charge in [0, 0.05) is 10.9 Å². The molecule has 80 valence electrons. The molecule has 0 saturated carbocycles. The average Bonchev–Trinajstić information content (AvgIpc) is 2.45. The highest BCUT2D eigenvalue weighted by atomic mass is 16.5. The van der Waals surface area contributed by atoms with Crippen LogP contribution in [-0.2, 0) is 5.41 Å². The maximum absolute atomic E-state index is 5.44. The number of hydrogen-bond acceptors (Lipinski definition) is 2. The monoisotopic (exact) mass is 203 g/mol. The Labute approximate surface area is 90.3 Å². The second kappa shape index (κ2) is 3.09. The molecule has 2 aromatic rings. The molecule has 1 heterocycles. The molecule has 1 aromatic heterocycles. The van der Waals surface area contributed by atoms with Crippen molar-refractivity contribution in [3.8, 4) is 0 Å². The fraction of sp³-hybridized carbons (Fsp3) is 0.462. The van der Waals surface area contributed by atoms with Crippen LogP contribution in [0.15, 0.2) is 16.7 Å². The van der Waals surface area contributed by atoms with Crippen LogP contribution in [0.3, 0.4) is 0 Å². The summed E-state index contributed by atoms with van der Waals surface area (Å²) in [5, 5.41) is 5.17. The first kappa shape index (κ1) is 10.2. The zero-order valence-corrected chi connectivity index (χ0v) is 10.0. The Balaban J connectivity index is 2.87. The number of aryl methyl sites for hydroxylation is 2. The third-order valence-corrected chi connectivity index (χ3v) is 2.78. The van der Waals surface area contributed by atoms with E-state index >= 15 is 0 Å². The van der Waals surface area contributed by atoms with E-state index < -0.39 is 0 Å². The molecule has 0 unspecified atom stereocenters. The third kappa shape index (κ3) is 1.54. The second-order valence-electron chi connectivity index (χ2n) is 5.15. The van der Waals surface area contributed by atoms with E-state index in [1.165, 1.54) is 11.1 Å². The SMILES string of the molecule is Cc1ccc2c(C)noc2c1C(C)(C)C. The molecule has 0 fully saturated rings. The molecule has 2 rings (SSSR count). The summed E-state index contributed by atoms with van der Waals surface area (Å²) >= 11 is 0. The Morgan fingerprint density at radius 3 is 2.40 bits per heavy atom. The summed E-state index contributed by atoms with van der Waals surface area (Å²) in [5.41, 5.74) is 4.54. The van der Waals surface area contributed by atoms with Crippen molar-refractivity contribution in [3.05, 3.63) is 29.0 Å². The highest BCUT2D eigenvalue weighted by molar-refractivity contribution is 5.84. The van der Waals surface area contributed by atoms with E-state index in [1.54, 1.807) is 0 Å². The molecule has 0 spiro atoms. The molecule has 0 N–H and O–H groups in total. The van der Waals surface area contributed by atoms with E-state index in [0.29, 0.717) is 0 Å². The predicted octanol–water partition coefficient (Wildman–Crippen LogP) is 3.74. The highest BCUT2D eigenvalue weighted by Gasteiger charge is 2.22. The molecule has 1 aromatic carbocycles. The number of benzene rings is 1. The Kier molecular flexibility index (Phi) is 2.10. The molecular weight excluding hydrogens is 186 g/mol. The largest absolute Gasteiger partial charge is 0.356 e. The van der Waals surface area contributed by atoms with Gasteiger partial charge in [-0.25, -0.2) is 0 Å². The molecule has 2 heteroatoms. The lowest BCUT2D eigenvalue weighted by molar-refractivity contribution is 0.440. The van der Waals surface area contributed by atoms with Crippen LogP contribution >= 0.6 is 0 Å². The number of hydrogen-bond donors (Lipinski definition) is 0. The van der Waals surface area contributed by atoms with Gasteiger partial charge in [-0.3, -0.25) is 0 Å². The molecule has 0 saturated heterocycles. The number of fused-ring (bicyclic) bond motifs is 1. The fourth-order valence-electron chi connectivity index (χ4n) is 2.16. The number of rotatable bonds is 0. The minimum absolute atomic E-state index is 0.0928. The lowest BCUT2D eigenvalue weighted by Crippen LogP contribution is -2.13. The van der Waals surface area contributed by atoms with Gasteiger partial charge >= 0.3 is 0 Å². The average molecular weight is 203 g/mol. The first-order valence-corrected chi connectivity index (χ1v) is 5.27. The highest BCUT2D eigenvalue weighted by Crippen LogP contribution is 2.33. The van der Waals surface area contributed by atoms with Crippen molar-refractivity contribution in [1.29, 1.82) is 0 Å². The van der Waals surface area contributed by atoms with Crippen molar-refractivity contribution >= 4 is 11.0 Å². The Bertz CT molecular complexity index is 503. The molecule has 2 nitrogen and oxygen atoms in total. The predicted molar refractivity (Wildman–Crippen MR) is 62.2 cm³/mol. The molecule has 0 bridgehead atoms. The van der Waals surface area contributed by atoms with Crippen LogP contribution < -0.4 is 0 Å². The van der Waals surface area contributed by atoms with Crippen LogP contribution in [0.5, 0.6) is 0 Å². The summed E-state index contributed by atoms with van der Waals surface area (Å²) < 4.78 is 5.44. The minimum Gasteiger partial charge on any atom is -0.356 e. The van der Waals surface area contributed by atoms with Gasteiger partial charge < -0.3 is 4.52 Å².